The van der Waals surface area contributed by atoms with Gasteiger partial charge in [0.15, 0.2) is 0 Å². The van der Waals surface area contributed by atoms with Crippen LogP contribution >= 0.6 is 0 Å². The van der Waals surface area contributed by atoms with Crippen LogP contribution in [-0.2, 0) is 20.7 Å². The van der Waals surface area contributed by atoms with Gasteiger partial charge in [-0.3, -0.25) is 4.79 Å². The Balaban J connectivity index is 2.59. The molecule has 1 aromatic rings. The predicted octanol–water partition coefficient (Wildman–Crippen LogP) is 1.42. The molecule has 0 saturated carbocycles. The lowest BCUT2D eigenvalue weighted by Gasteiger charge is -1.99. The van der Waals surface area contributed by atoms with Crippen molar-refractivity contribution in [2.75, 3.05) is 6.61 Å². The van der Waals surface area contributed by atoms with Gasteiger partial charge in [0.2, 0.25) is 0 Å². The quantitative estimate of drug-likeness (QED) is 0.250. The van der Waals surface area contributed by atoms with E-state index in [1.165, 1.54) is 0 Å². The lowest BCUT2D eigenvalue weighted by molar-refractivity contribution is -0.141. The minimum Gasteiger partial charge on any atom is -0.457 e. The van der Waals surface area contributed by atoms with Crippen molar-refractivity contribution in [2.24, 2.45) is 0 Å². The monoisotopic (exact) mass is 246 g/mol. The molecule has 0 heterocycles. The summed E-state index contributed by atoms with van der Waals surface area (Å²) < 4.78 is 4.62. The molecular weight excluding hydrogens is 232 g/mol. The topological polar surface area (TPSA) is 79.8 Å². The van der Waals surface area contributed by atoms with Crippen molar-refractivity contribution >= 4 is 17.5 Å². The molecule has 1 aromatic carbocycles. The Morgan fingerprint density at radius 3 is 2.50 bits per heavy atom. The van der Waals surface area contributed by atoms with Crippen molar-refractivity contribution in [2.45, 2.75) is 19.8 Å². The molecule has 0 amide bonds. The maximum Gasteiger partial charge on any atom is 0.441 e. The van der Waals surface area contributed by atoms with Crippen LogP contribution < -0.4 is 0 Å². The highest BCUT2D eigenvalue weighted by atomic mass is 16.5. The first-order valence-electron chi connectivity index (χ1n) is 5.65. The summed E-state index contributed by atoms with van der Waals surface area (Å²) in [6, 6.07) is 9.38. The fourth-order valence-electron chi connectivity index (χ4n) is 1.43. The van der Waals surface area contributed by atoms with Crippen molar-refractivity contribution in [1.29, 1.82) is 0 Å². The van der Waals surface area contributed by atoms with Crippen LogP contribution in [0.5, 0.6) is 0 Å². The largest absolute Gasteiger partial charge is 0.457 e. The fraction of sp³-hybridized carbons (Fsp3) is 0.308. The van der Waals surface area contributed by atoms with Crippen LogP contribution in [0, 0.1) is 0 Å². The number of carbonyl (C=O) groups is 2. The zero-order valence-corrected chi connectivity index (χ0v) is 10.1. The first-order valence-corrected chi connectivity index (χ1v) is 5.65. The Kier molecular flexibility index (Phi) is 5.48. The maximum absolute atomic E-state index is 11.7. The van der Waals surface area contributed by atoms with Gasteiger partial charge in [-0.15, -0.1) is 0 Å². The number of esters is 1. The molecule has 0 radical (unpaired) electrons. The van der Waals surface area contributed by atoms with Gasteiger partial charge in [-0.1, -0.05) is 30.3 Å². The Hall–Kier alpha value is -2.26. The molecule has 0 aliphatic rings. The van der Waals surface area contributed by atoms with E-state index in [4.69, 9.17) is 5.53 Å². The summed E-state index contributed by atoms with van der Waals surface area (Å²) in [5.74, 6) is -1.42. The third-order valence-corrected chi connectivity index (χ3v) is 2.32. The summed E-state index contributed by atoms with van der Waals surface area (Å²) >= 11 is 0. The van der Waals surface area contributed by atoms with E-state index in [0.29, 0.717) is 6.42 Å². The molecule has 1 rings (SSSR count). The molecule has 0 atom stereocenters. The Labute approximate surface area is 105 Å². The fourth-order valence-corrected chi connectivity index (χ4v) is 1.43. The van der Waals surface area contributed by atoms with Gasteiger partial charge in [0.05, 0.1) is 6.61 Å². The molecular formula is C13H14N2O3. The van der Waals surface area contributed by atoms with E-state index in [2.05, 4.69) is 9.53 Å². The average molecular weight is 246 g/mol. The summed E-state index contributed by atoms with van der Waals surface area (Å²) in [5.41, 5.74) is 9.09. The van der Waals surface area contributed by atoms with Gasteiger partial charge in [-0.25, -0.2) is 4.79 Å². The maximum atomic E-state index is 11.7. The van der Waals surface area contributed by atoms with Gasteiger partial charge >= 0.3 is 11.7 Å². The standard InChI is InChI=1S/C13H14N2O3/c1-2-18-13(17)12(15-14)11(16)9-8-10-6-4-3-5-7-10/h3-7H,2,8-9H2,1H3. The van der Waals surface area contributed by atoms with E-state index in [0.717, 1.165) is 5.56 Å². The van der Waals surface area contributed by atoms with Gasteiger partial charge in [-0.05, 0) is 18.9 Å². The zero-order valence-electron chi connectivity index (χ0n) is 10.1. The van der Waals surface area contributed by atoms with Crippen molar-refractivity contribution in [3.63, 3.8) is 0 Å². The van der Waals surface area contributed by atoms with E-state index < -0.39 is 17.5 Å². The summed E-state index contributed by atoms with van der Waals surface area (Å²) in [7, 11) is 0. The number of benzene rings is 1. The van der Waals surface area contributed by atoms with Gasteiger partial charge in [0.25, 0.3) is 5.78 Å². The molecule has 5 heteroatoms. The van der Waals surface area contributed by atoms with Gasteiger partial charge in [-0.2, -0.15) is 4.79 Å². The predicted molar refractivity (Wildman–Crippen MR) is 65.0 cm³/mol. The highest BCUT2D eigenvalue weighted by molar-refractivity contribution is 6.62. The normalized spacial score (nSPS) is 9.39. The van der Waals surface area contributed by atoms with E-state index >= 15 is 0 Å². The molecule has 0 bridgehead atoms. The molecule has 0 aliphatic heterocycles. The van der Waals surface area contributed by atoms with Gasteiger partial charge in [0.1, 0.15) is 0 Å². The van der Waals surface area contributed by atoms with Gasteiger partial charge in [0, 0.05) is 6.42 Å². The SMILES string of the molecule is CCOC(=O)C(=[N+]=[N-])C(=O)CCc1ccccc1. The molecule has 0 saturated heterocycles. The first-order chi connectivity index (χ1) is 8.69. The lowest BCUT2D eigenvalue weighted by Crippen LogP contribution is -2.27. The van der Waals surface area contributed by atoms with Crippen LogP contribution in [0.4, 0.5) is 0 Å². The van der Waals surface area contributed by atoms with Gasteiger partial charge < -0.3 is 10.3 Å². The van der Waals surface area contributed by atoms with Crippen molar-refractivity contribution < 1.29 is 19.1 Å². The van der Waals surface area contributed by atoms with Crippen LogP contribution in [0.15, 0.2) is 30.3 Å². The number of aryl methyl sites for hydroxylation is 1. The highest BCUT2D eigenvalue weighted by Crippen LogP contribution is 2.03. The molecule has 0 aliphatic carbocycles. The molecule has 0 N–H and O–H groups in total. The molecule has 0 spiro atoms. The molecule has 5 nitrogen and oxygen atoms in total. The van der Waals surface area contributed by atoms with E-state index in [-0.39, 0.29) is 13.0 Å². The van der Waals surface area contributed by atoms with Crippen molar-refractivity contribution in [3.05, 3.63) is 41.4 Å². The second-order valence-electron chi connectivity index (χ2n) is 3.58. The molecule has 0 aromatic heterocycles. The summed E-state index contributed by atoms with van der Waals surface area (Å²) in [6.07, 6.45) is 0.584. The number of nitrogens with zero attached hydrogens (tertiary/aromatic N) is 2. The van der Waals surface area contributed by atoms with E-state index in [1.807, 2.05) is 30.3 Å². The van der Waals surface area contributed by atoms with E-state index in [9.17, 15) is 9.59 Å². The number of hydrogen-bond donors (Lipinski definition) is 0. The second kappa shape index (κ2) is 7.14. The molecule has 0 unspecified atom stereocenters. The van der Waals surface area contributed by atoms with Crippen molar-refractivity contribution in [1.82, 2.24) is 0 Å². The third kappa shape index (κ3) is 3.96. The Morgan fingerprint density at radius 2 is 1.94 bits per heavy atom. The van der Waals surface area contributed by atoms with Crippen LogP contribution in [0.3, 0.4) is 0 Å². The third-order valence-electron chi connectivity index (χ3n) is 2.32. The number of ether oxygens (including phenoxy) is 1. The van der Waals surface area contributed by atoms with Crippen LogP contribution in [0.2, 0.25) is 0 Å². The number of hydrogen-bond acceptors (Lipinski definition) is 3. The number of carbonyl (C=O) groups excluding carboxylic acids is 2. The average Bonchev–Trinajstić information content (AvgIpc) is 2.39. The van der Waals surface area contributed by atoms with Crippen LogP contribution in [0.25, 0.3) is 5.53 Å². The minimum atomic E-state index is -0.891. The van der Waals surface area contributed by atoms with Crippen LogP contribution in [-0.4, -0.2) is 28.9 Å². The second-order valence-corrected chi connectivity index (χ2v) is 3.58. The molecule has 94 valence electrons. The summed E-state index contributed by atoms with van der Waals surface area (Å²) in [6.45, 7) is 1.74. The smallest absolute Gasteiger partial charge is 0.441 e. The van der Waals surface area contributed by atoms with E-state index in [1.54, 1.807) is 6.92 Å². The Bertz CT molecular complexity index is 476. The van der Waals surface area contributed by atoms with Crippen LogP contribution in [0.1, 0.15) is 18.9 Å². The minimum absolute atomic E-state index is 0.0994. The number of Topliss-reactive ketones (excluding diaryl/α,β-unsaturated/α-hetero) is 1. The first kappa shape index (κ1) is 13.8. The zero-order chi connectivity index (χ0) is 13.4. The summed E-state index contributed by atoms with van der Waals surface area (Å²) in [5, 5.41) is 0. The number of ketones is 1. The summed E-state index contributed by atoms with van der Waals surface area (Å²) in [4.78, 5) is 25.7. The highest BCUT2D eigenvalue weighted by Gasteiger charge is 2.30. The lowest BCUT2D eigenvalue weighted by atomic mass is 10.1. The van der Waals surface area contributed by atoms with Crippen molar-refractivity contribution in [3.8, 4) is 0 Å². The molecule has 0 fully saturated rings. The Morgan fingerprint density at radius 1 is 1.28 bits per heavy atom. The number of rotatable bonds is 6. The molecule has 18 heavy (non-hydrogen) atoms.